The Morgan fingerprint density at radius 2 is 1.84 bits per heavy atom. The number of hydrogen-bond donors (Lipinski definition) is 0. The fourth-order valence-corrected chi connectivity index (χ4v) is 2.36. The van der Waals surface area contributed by atoms with Gasteiger partial charge in [0.2, 0.25) is 0 Å². The molecule has 1 aromatic rings. The van der Waals surface area contributed by atoms with Gasteiger partial charge in [-0.15, -0.1) is 0 Å². The van der Waals surface area contributed by atoms with Gasteiger partial charge < -0.3 is 4.74 Å². The van der Waals surface area contributed by atoms with Gasteiger partial charge in [0, 0.05) is 12.5 Å². The highest BCUT2D eigenvalue weighted by atomic mass is 35.5. The summed E-state index contributed by atoms with van der Waals surface area (Å²) in [6.45, 7) is 6.20. The van der Waals surface area contributed by atoms with E-state index >= 15 is 0 Å². The molecule has 2 nitrogen and oxygen atoms in total. The van der Waals surface area contributed by atoms with Crippen LogP contribution in [-0.4, -0.2) is 5.97 Å². The molecule has 0 fully saturated rings. The molecule has 19 heavy (non-hydrogen) atoms. The van der Waals surface area contributed by atoms with Gasteiger partial charge in [-0.25, -0.2) is 4.39 Å². The fourth-order valence-electron chi connectivity index (χ4n) is 2.07. The molecule has 2 rings (SSSR count). The smallest absolute Gasteiger partial charge is 0.328 e. The minimum atomic E-state index is -3.92. The third-order valence-corrected chi connectivity index (χ3v) is 3.33. The Labute approximate surface area is 112 Å². The lowest BCUT2D eigenvalue weighted by Gasteiger charge is -2.42. The molecule has 0 saturated carbocycles. The maximum Gasteiger partial charge on any atom is 0.328 e. The standard InChI is InChI=1S/C13H10ClF3O2/c1-6(2)8-4-5-9(19-7(3)18)11-10(8)12(14,15)13(11,16)17/h4-5H,1H2,2-3H3. The zero-order valence-corrected chi connectivity index (χ0v) is 10.9. The summed E-state index contributed by atoms with van der Waals surface area (Å²) >= 11 is 5.29. The molecule has 0 bridgehead atoms. The molecule has 1 aromatic carbocycles. The number of rotatable bonds is 2. The van der Waals surface area contributed by atoms with Gasteiger partial charge in [0.05, 0.1) is 5.56 Å². The minimum Gasteiger partial charge on any atom is -0.426 e. The predicted octanol–water partition coefficient (Wildman–Crippen LogP) is 4.11. The maximum absolute atomic E-state index is 13.9. The summed E-state index contributed by atoms with van der Waals surface area (Å²) in [7, 11) is 0. The van der Waals surface area contributed by atoms with E-state index in [1.165, 1.54) is 12.1 Å². The van der Waals surface area contributed by atoms with Crippen molar-refractivity contribution in [1.82, 2.24) is 0 Å². The topological polar surface area (TPSA) is 26.3 Å². The maximum atomic E-state index is 13.9. The van der Waals surface area contributed by atoms with Crippen LogP contribution in [0, 0.1) is 0 Å². The number of hydrogen-bond acceptors (Lipinski definition) is 2. The molecule has 1 aliphatic carbocycles. The van der Waals surface area contributed by atoms with Crippen LogP contribution in [0.3, 0.4) is 0 Å². The van der Waals surface area contributed by atoms with Gasteiger partial charge in [-0.1, -0.05) is 29.8 Å². The molecule has 0 spiro atoms. The number of fused-ring (bicyclic) bond motifs is 1. The minimum absolute atomic E-state index is 0.189. The Morgan fingerprint density at radius 1 is 1.26 bits per heavy atom. The Hall–Kier alpha value is -1.49. The zero-order chi connectivity index (χ0) is 14.6. The van der Waals surface area contributed by atoms with Crippen molar-refractivity contribution in [3.63, 3.8) is 0 Å². The molecule has 6 heteroatoms. The highest BCUT2D eigenvalue weighted by Gasteiger charge is 2.70. The number of ether oxygens (including phenoxy) is 1. The van der Waals surface area contributed by atoms with Gasteiger partial charge in [0.1, 0.15) is 5.75 Å². The van der Waals surface area contributed by atoms with Crippen LogP contribution >= 0.6 is 11.6 Å². The molecule has 102 valence electrons. The summed E-state index contributed by atoms with van der Waals surface area (Å²) < 4.78 is 46.1. The summed E-state index contributed by atoms with van der Waals surface area (Å²) in [5.41, 5.74) is -0.496. The third kappa shape index (κ3) is 1.75. The SMILES string of the molecule is C=C(C)c1ccc(OC(C)=O)c2c1C(F)(Cl)C2(F)F. The molecule has 0 saturated heterocycles. The van der Waals surface area contributed by atoms with E-state index in [0.29, 0.717) is 5.57 Å². The van der Waals surface area contributed by atoms with E-state index in [1.807, 2.05) is 0 Å². The highest BCUT2D eigenvalue weighted by molar-refractivity contribution is 6.25. The van der Waals surface area contributed by atoms with Crippen molar-refractivity contribution in [2.24, 2.45) is 0 Å². The van der Waals surface area contributed by atoms with E-state index in [9.17, 15) is 18.0 Å². The molecular formula is C13H10ClF3O2. The molecule has 0 N–H and O–H groups in total. The van der Waals surface area contributed by atoms with Gasteiger partial charge >= 0.3 is 11.9 Å². The van der Waals surface area contributed by atoms with Crippen molar-refractivity contribution >= 4 is 23.1 Å². The van der Waals surface area contributed by atoms with Crippen LogP contribution in [0.4, 0.5) is 13.2 Å². The van der Waals surface area contributed by atoms with E-state index in [0.717, 1.165) is 6.92 Å². The van der Waals surface area contributed by atoms with Crippen molar-refractivity contribution in [3.8, 4) is 5.75 Å². The summed E-state index contributed by atoms with van der Waals surface area (Å²) in [6.07, 6.45) is 0. The van der Waals surface area contributed by atoms with E-state index in [2.05, 4.69) is 11.3 Å². The van der Waals surface area contributed by atoms with Gasteiger partial charge in [-0.2, -0.15) is 8.78 Å². The lowest BCUT2D eigenvalue weighted by molar-refractivity contribution is -0.142. The average molecular weight is 291 g/mol. The van der Waals surface area contributed by atoms with Gasteiger partial charge in [-0.3, -0.25) is 4.79 Å². The first-order chi connectivity index (χ1) is 8.60. The van der Waals surface area contributed by atoms with E-state index in [4.69, 9.17) is 11.6 Å². The van der Waals surface area contributed by atoms with Crippen LogP contribution in [0.5, 0.6) is 5.75 Å². The van der Waals surface area contributed by atoms with Crippen LogP contribution in [0.2, 0.25) is 0 Å². The Bertz CT molecular complexity index is 594. The Balaban J connectivity index is 2.71. The average Bonchev–Trinajstić information content (AvgIpc) is 2.26. The summed E-state index contributed by atoms with van der Waals surface area (Å²) in [4.78, 5) is 10.9. The summed E-state index contributed by atoms with van der Waals surface area (Å²) in [6, 6.07) is 2.54. The Kier molecular flexibility index (Phi) is 2.93. The normalized spacial score (nSPS) is 23.3. The molecule has 0 amide bonds. The van der Waals surface area contributed by atoms with Gasteiger partial charge in [-0.05, 0) is 18.6 Å². The largest absolute Gasteiger partial charge is 0.426 e. The molecule has 1 aliphatic rings. The number of esters is 1. The number of halogens is 4. The molecule has 0 aromatic heterocycles. The number of benzene rings is 1. The predicted molar refractivity (Wildman–Crippen MR) is 65.0 cm³/mol. The molecule has 1 atom stereocenters. The molecule has 0 heterocycles. The number of carbonyl (C=O) groups is 1. The monoisotopic (exact) mass is 290 g/mol. The first-order valence-electron chi connectivity index (χ1n) is 5.38. The van der Waals surface area contributed by atoms with Crippen molar-refractivity contribution in [2.45, 2.75) is 24.9 Å². The van der Waals surface area contributed by atoms with Crippen LogP contribution in [0.15, 0.2) is 18.7 Å². The van der Waals surface area contributed by atoms with Crippen LogP contribution in [0.1, 0.15) is 30.5 Å². The van der Waals surface area contributed by atoms with Crippen molar-refractivity contribution < 1.29 is 22.7 Å². The van der Waals surface area contributed by atoms with Gasteiger partial charge in [0.15, 0.2) is 0 Å². The zero-order valence-electron chi connectivity index (χ0n) is 10.2. The van der Waals surface area contributed by atoms with E-state index in [-0.39, 0.29) is 16.9 Å². The number of carbonyl (C=O) groups excluding carboxylic acids is 1. The lowest BCUT2D eigenvalue weighted by atomic mass is 9.76. The number of allylic oxidation sites excluding steroid dienone is 1. The second-order valence-corrected chi connectivity index (χ2v) is 4.90. The third-order valence-electron chi connectivity index (χ3n) is 2.90. The molecular weight excluding hydrogens is 281 g/mol. The van der Waals surface area contributed by atoms with Crippen molar-refractivity contribution in [1.29, 1.82) is 0 Å². The van der Waals surface area contributed by atoms with Gasteiger partial charge in [0.25, 0.3) is 5.13 Å². The molecule has 0 aliphatic heterocycles. The van der Waals surface area contributed by atoms with Crippen LogP contribution in [0.25, 0.3) is 5.57 Å². The van der Waals surface area contributed by atoms with E-state index in [1.54, 1.807) is 6.92 Å². The van der Waals surface area contributed by atoms with Crippen LogP contribution in [-0.2, 0) is 15.8 Å². The first kappa shape index (κ1) is 13.9. The second-order valence-electron chi connectivity index (χ2n) is 4.38. The lowest BCUT2D eigenvalue weighted by Crippen LogP contribution is -2.47. The molecule has 0 radical (unpaired) electrons. The van der Waals surface area contributed by atoms with Crippen molar-refractivity contribution in [3.05, 3.63) is 35.4 Å². The first-order valence-corrected chi connectivity index (χ1v) is 5.76. The highest BCUT2D eigenvalue weighted by Crippen LogP contribution is 2.66. The fraction of sp³-hybridized carbons (Fsp3) is 0.308. The van der Waals surface area contributed by atoms with E-state index < -0.39 is 22.6 Å². The second kappa shape index (κ2) is 4.00. The van der Waals surface area contributed by atoms with Crippen molar-refractivity contribution in [2.75, 3.05) is 0 Å². The summed E-state index contributed by atoms with van der Waals surface area (Å²) in [5, 5.41) is -3.31. The summed E-state index contributed by atoms with van der Waals surface area (Å²) in [5.74, 6) is -5.07. The van der Waals surface area contributed by atoms with Crippen LogP contribution < -0.4 is 4.74 Å². The number of alkyl halides is 4. The quantitative estimate of drug-likeness (QED) is 0.465. The Morgan fingerprint density at radius 3 is 2.32 bits per heavy atom. The molecule has 1 unspecified atom stereocenters.